The van der Waals surface area contributed by atoms with Crippen LogP contribution in [0.25, 0.3) is 0 Å². The number of nitrogen functional groups attached to an aromatic ring is 1. The van der Waals surface area contributed by atoms with E-state index in [0.29, 0.717) is 12.2 Å². The fraction of sp³-hybridized carbons (Fsp3) is 0.455. The lowest BCUT2D eigenvalue weighted by atomic mass is 10.1. The van der Waals surface area contributed by atoms with Gasteiger partial charge in [-0.15, -0.1) is 0 Å². The maximum absolute atomic E-state index is 9.54. The van der Waals surface area contributed by atoms with Crippen molar-refractivity contribution in [2.24, 2.45) is 0 Å². The van der Waals surface area contributed by atoms with Gasteiger partial charge in [0.15, 0.2) is 0 Å². The van der Waals surface area contributed by atoms with Gasteiger partial charge < -0.3 is 20.9 Å². The highest BCUT2D eigenvalue weighted by Gasteiger charge is 2.12. The van der Waals surface area contributed by atoms with Crippen molar-refractivity contribution in [3.05, 3.63) is 18.2 Å². The predicted molar refractivity (Wildman–Crippen MR) is 62.2 cm³/mol. The van der Waals surface area contributed by atoms with Crippen molar-refractivity contribution in [3.8, 4) is 5.75 Å². The summed E-state index contributed by atoms with van der Waals surface area (Å²) in [7, 11) is 1.60. The number of methoxy groups -OCH3 is 1. The molecule has 0 spiro atoms. The van der Waals surface area contributed by atoms with Crippen LogP contribution in [0.3, 0.4) is 0 Å². The molecule has 0 amide bonds. The number of aliphatic hydroxyl groups is 1. The second kappa shape index (κ2) is 4.40. The largest absolute Gasteiger partial charge is 0.497 e. The molecule has 0 aromatic heterocycles. The number of rotatable bonds is 4. The van der Waals surface area contributed by atoms with Crippen LogP contribution in [0.4, 0.5) is 11.4 Å². The van der Waals surface area contributed by atoms with Crippen LogP contribution >= 0.6 is 0 Å². The Kier molecular flexibility index (Phi) is 3.42. The zero-order valence-corrected chi connectivity index (χ0v) is 9.37. The summed E-state index contributed by atoms with van der Waals surface area (Å²) in [4.78, 5) is 0. The van der Waals surface area contributed by atoms with E-state index < -0.39 is 5.60 Å². The van der Waals surface area contributed by atoms with E-state index in [9.17, 15) is 5.11 Å². The van der Waals surface area contributed by atoms with E-state index in [1.807, 2.05) is 12.1 Å². The number of ether oxygens (including phenoxy) is 1. The van der Waals surface area contributed by atoms with Crippen molar-refractivity contribution < 1.29 is 9.84 Å². The number of hydrogen-bond donors (Lipinski definition) is 3. The Morgan fingerprint density at radius 1 is 1.47 bits per heavy atom. The minimum atomic E-state index is -0.758. The molecule has 0 aliphatic carbocycles. The third kappa shape index (κ3) is 3.67. The van der Waals surface area contributed by atoms with Gasteiger partial charge in [0, 0.05) is 12.6 Å². The molecule has 0 aliphatic rings. The summed E-state index contributed by atoms with van der Waals surface area (Å²) in [5.74, 6) is 0.723. The number of nitrogens with one attached hydrogen (secondary N) is 1. The molecule has 1 aromatic rings. The van der Waals surface area contributed by atoms with Crippen LogP contribution in [0, 0.1) is 0 Å². The Bertz CT molecular complexity index is 332. The number of benzene rings is 1. The highest BCUT2D eigenvalue weighted by Crippen LogP contribution is 2.24. The molecule has 0 saturated carbocycles. The molecule has 0 fully saturated rings. The fourth-order valence-electron chi connectivity index (χ4n) is 1.14. The lowest BCUT2D eigenvalue weighted by molar-refractivity contribution is 0.0945. The molecule has 0 unspecified atom stereocenters. The molecular weight excluding hydrogens is 192 g/mol. The van der Waals surface area contributed by atoms with Crippen molar-refractivity contribution in [2.45, 2.75) is 19.4 Å². The Balaban J connectivity index is 2.70. The molecule has 15 heavy (non-hydrogen) atoms. The second-order valence-electron chi connectivity index (χ2n) is 4.12. The van der Waals surface area contributed by atoms with Crippen LogP contribution in [0.2, 0.25) is 0 Å². The molecule has 0 saturated heterocycles. The average molecular weight is 210 g/mol. The first-order valence-corrected chi connectivity index (χ1v) is 4.82. The topological polar surface area (TPSA) is 67.5 Å². The van der Waals surface area contributed by atoms with Crippen molar-refractivity contribution in [1.82, 2.24) is 0 Å². The first-order chi connectivity index (χ1) is 6.92. The highest BCUT2D eigenvalue weighted by atomic mass is 16.5. The van der Waals surface area contributed by atoms with E-state index in [2.05, 4.69) is 5.32 Å². The third-order valence-corrected chi connectivity index (χ3v) is 1.97. The molecule has 0 heterocycles. The Labute approximate surface area is 90.1 Å². The fourth-order valence-corrected chi connectivity index (χ4v) is 1.14. The van der Waals surface area contributed by atoms with Crippen molar-refractivity contribution >= 4 is 11.4 Å². The lowest BCUT2D eigenvalue weighted by Crippen LogP contribution is -2.29. The summed E-state index contributed by atoms with van der Waals surface area (Å²) >= 11 is 0. The Hall–Kier alpha value is -1.42. The van der Waals surface area contributed by atoms with Gasteiger partial charge in [0.05, 0.1) is 24.1 Å². The molecule has 0 aliphatic heterocycles. The summed E-state index contributed by atoms with van der Waals surface area (Å²) in [5, 5.41) is 12.6. The van der Waals surface area contributed by atoms with Gasteiger partial charge in [0.25, 0.3) is 0 Å². The van der Waals surface area contributed by atoms with E-state index in [4.69, 9.17) is 10.5 Å². The van der Waals surface area contributed by atoms with Crippen molar-refractivity contribution in [2.75, 3.05) is 24.7 Å². The lowest BCUT2D eigenvalue weighted by Gasteiger charge is -2.19. The van der Waals surface area contributed by atoms with E-state index in [1.165, 1.54) is 0 Å². The van der Waals surface area contributed by atoms with E-state index >= 15 is 0 Å². The van der Waals surface area contributed by atoms with Crippen LogP contribution in [0.1, 0.15) is 13.8 Å². The SMILES string of the molecule is COc1ccc(NCC(C)(C)O)c(N)c1. The maximum atomic E-state index is 9.54. The highest BCUT2D eigenvalue weighted by molar-refractivity contribution is 5.68. The van der Waals surface area contributed by atoms with Gasteiger partial charge in [-0.25, -0.2) is 0 Å². The first-order valence-electron chi connectivity index (χ1n) is 4.82. The van der Waals surface area contributed by atoms with E-state index in [-0.39, 0.29) is 0 Å². The third-order valence-electron chi connectivity index (χ3n) is 1.97. The minimum Gasteiger partial charge on any atom is -0.497 e. The standard InChI is InChI=1S/C11H18N2O2/c1-11(2,14)7-13-10-5-4-8(15-3)6-9(10)12/h4-6,13-14H,7,12H2,1-3H3. The van der Waals surface area contributed by atoms with Crippen LogP contribution in [-0.4, -0.2) is 24.4 Å². The molecule has 0 radical (unpaired) electrons. The molecule has 4 heteroatoms. The summed E-state index contributed by atoms with van der Waals surface area (Å²) in [6.45, 7) is 3.92. The van der Waals surface area contributed by atoms with Gasteiger partial charge in [-0.3, -0.25) is 0 Å². The van der Waals surface area contributed by atoms with Crippen molar-refractivity contribution in [3.63, 3.8) is 0 Å². The van der Waals surface area contributed by atoms with Gasteiger partial charge >= 0.3 is 0 Å². The summed E-state index contributed by atoms with van der Waals surface area (Å²) < 4.78 is 5.04. The molecule has 0 atom stereocenters. The summed E-state index contributed by atoms with van der Waals surface area (Å²) in [6, 6.07) is 5.40. The van der Waals surface area contributed by atoms with Crippen LogP contribution in [0.5, 0.6) is 5.75 Å². The quantitative estimate of drug-likeness (QED) is 0.658. The van der Waals surface area contributed by atoms with Crippen molar-refractivity contribution in [1.29, 1.82) is 0 Å². The molecule has 4 N–H and O–H groups in total. The molecule has 0 bridgehead atoms. The summed E-state index contributed by atoms with van der Waals surface area (Å²) in [5.41, 5.74) is 6.46. The smallest absolute Gasteiger partial charge is 0.121 e. The molecular formula is C11H18N2O2. The molecule has 84 valence electrons. The van der Waals surface area contributed by atoms with Gasteiger partial charge in [-0.1, -0.05) is 0 Å². The van der Waals surface area contributed by atoms with Gasteiger partial charge in [0.1, 0.15) is 5.75 Å². The van der Waals surface area contributed by atoms with Crippen LogP contribution in [0.15, 0.2) is 18.2 Å². The maximum Gasteiger partial charge on any atom is 0.121 e. The zero-order chi connectivity index (χ0) is 11.5. The van der Waals surface area contributed by atoms with E-state index in [0.717, 1.165) is 11.4 Å². The molecule has 1 aromatic carbocycles. The monoisotopic (exact) mass is 210 g/mol. The zero-order valence-electron chi connectivity index (χ0n) is 9.37. The minimum absolute atomic E-state index is 0.448. The second-order valence-corrected chi connectivity index (χ2v) is 4.12. The Morgan fingerprint density at radius 2 is 2.13 bits per heavy atom. The molecule has 1 rings (SSSR count). The van der Waals surface area contributed by atoms with Gasteiger partial charge in [-0.2, -0.15) is 0 Å². The summed E-state index contributed by atoms with van der Waals surface area (Å²) in [6.07, 6.45) is 0. The Morgan fingerprint density at radius 3 is 2.60 bits per heavy atom. The number of anilines is 2. The van der Waals surface area contributed by atoms with Gasteiger partial charge in [0.2, 0.25) is 0 Å². The number of nitrogens with two attached hydrogens (primary N) is 1. The van der Waals surface area contributed by atoms with Crippen LogP contribution < -0.4 is 15.8 Å². The first kappa shape index (κ1) is 11.7. The van der Waals surface area contributed by atoms with Crippen LogP contribution in [-0.2, 0) is 0 Å². The van der Waals surface area contributed by atoms with Gasteiger partial charge in [-0.05, 0) is 26.0 Å². The average Bonchev–Trinajstić information content (AvgIpc) is 2.14. The predicted octanol–water partition coefficient (Wildman–Crippen LogP) is 1.46. The normalized spacial score (nSPS) is 11.2. The molecule has 4 nitrogen and oxygen atoms in total. The van der Waals surface area contributed by atoms with E-state index in [1.54, 1.807) is 27.0 Å². The number of hydrogen-bond acceptors (Lipinski definition) is 4.